The lowest BCUT2D eigenvalue weighted by molar-refractivity contribution is 0.597. The van der Waals surface area contributed by atoms with E-state index in [0.29, 0.717) is 19.5 Å². The predicted octanol–water partition coefficient (Wildman–Crippen LogP) is 1.53. The van der Waals surface area contributed by atoms with Crippen LogP contribution in [0.25, 0.3) is 0 Å². The Kier molecular flexibility index (Phi) is 4.20. The van der Waals surface area contributed by atoms with Gasteiger partial charge in [0.25, 0.3) is 0 Å². The van der Waals surface area contributed by atoms with Crippen molar-refractivity contribution in [1.82, 2.24) is 15.3 Å². The summed E-state index contributed by atoms with van der Waals surface area (Å²) in [5.74, 6) is 0.111. The number of hydrogen-bond donors (Lipinski definition) is 2. The summed E-state index contributed by atoms with van der Waals surface area (Å²) in [5.41, 5.74) is 7.07. The van der Waals surface area contributed by atoms with Gasteiger partial charge >= 0.3 is 0 Å². The molecule has 0 fully saturated rings. The van der Waals surface area contributed by atoms with E-state index >= 15 is 0 Å². The van der Waals surface area contributed by atoms with Gasteiger partial charge in [-0.05, 0) is 24.6 Å². The standard InChI is InChI=1S/C13H15FN4/c14-12-4-2-1-3-11(12)5-6-16-7-10-8-17-13(15)18-9-10/h1-4,8-9,16H,5-7H2,(H2,15,17,18). The molecular formula is C13H15FN4. The van der Waals surface area contributed by atoms with Crippen molar-refractivity contribution in [2.24, 2.45) is 0 Å². The molecule has 2 rings (SSSR count). The molecule has 0 unspecified atom stereocenters. The van der Waals surface area contributed by atoms with Crippen molar-refractivity contribution < 1.29 is 4.39 Å². The third-order valence-corrected chi connectivity index (χ3v) is 2.58. The van der Waals surface area contributed by atoms with Crippen LogP contribution in [0.4, 0.5) is 10.3 Å². The van der Waals surface area contributed by atoms with Crippen LogP contribution in [0, 0.1) is 5.82 Å². The zero-order valence-electron chi connectivity index (χ0n) is 9.94. The van der Waals surface area contributed by atoms with Crippen LogP contribution in [0.15, 0.2) is 36.7 Å². The number of hydrogen-bond acceptors (Lipinski definition) is 4. The van der Waals surface area contributed by atoms with Crippen molar-refractivity contribution in [2.45, 2.75) is 13.0 Å². The minimum absolute atomic E-state index is 0.157. The fourth-order valence-electron chi connectivity index (χ4n) is 1.61. The second kappa shape index (κ2) is 6.07. The lowest BCUT2D eigenvalue weighted by Crippen LogP contribution is -2.17. The molecular weight excluding hydrogens is 231 g/mol. The van der Waals surface area contributed by atoms with Crippen LogP contribution < -0.4 is 11.1 Å². The highest BCUT2D eigenvalue weighted by atomic mass is 19.1. The molecule has 0 saturated carbocycles. The lowest BCUT2D eigenvalue weighted by Gasteiger charge is -2.05. The maximum Gasteiger partial charge on any atom is 0.219 e. The highest BCUT2D eigenvalue weighted by molar-refractivity contribution is 5.18. The summed E-state index contributed by atoms with van der Waals surface area (Å²) < 4.78 is 13.3. The van der Waals surface area contributed by atoms with Gasteiger partial charge in [0.2, 0.25) is 5.95 Å². The molecule has 1 heterocycles. The van der Waals surface area contributed by atoms with E-state index in [1.54, 1.807) is 24.5 Å². The van der Waals surface area contributed by atoms with Crippen LogP contribution in [0.3, 0.4) is 0 Å². The van der Waals surface area contributed by atoms with Crippen LogP contribution in [0.5, 0.6) is 0 Å². The number of nitrogens with two attached hydrogens (primary N) is 1. The third kappa shape index (κ3) is 3.49. The highest BCUT2D eigenvalue weighted by Crippen LogP contribution is 2.06. The molecule has 5 heteroatoms. The summed E-state index contributed by atoms with van der Waals surface area (Å²) >= 11 is 0. The fraction of sp³-hybridized carbons (Fsp3) is 0.231. The first-order valence-corrected chi connectivity index (χ1v) is 5.76. The molecule has 1 aromatic heterocycles. The van der Waals surface area contributed by atoms with Gasteiger partial charge in [-0.1, -0.05) is 18.2 Å². The third-order valence-electron chi connectivity index (χ3n) is 2.58. The van der Waals surface area contributed by atoms with E-state index in [1.807, 2.05) is 6.07 Å². The average molecular weight is 246 g/mol. The molecule has 4 nitrogen and oxygen atoms in total. The number of nitrogen functional groups attached to an aromatic ring is 1. The molecule has 0 spiro atoms. The molecule has 0 atom stereocenters. The summed E-state index contributed by atoms with van der Waals surface area (Å²) in [6.07, 6.45) is 4.01. The van der Waals surface area contributed by atoms with Crippen LogP contribution in [-0.4, -0.2) is 16.5 Å². The molecule has 0 saturated heterocycles. The largest absolute Gasteiger partial charge is 0.368 e. The summed E-state index contributed by atoms with van der Waals surface area (Å²) in [6, 6.07) is 6.80. The van der Waals surface area contributed by atoms with E-state index in [4.69, 9.17) is 5.73 Å². The Morgan fingerprint density at radius 2 is 1.89 bits per heavy atom. The van der Waals surface area contributed by atoms with Crippen molar-refractivity contribution in [1.29, 1.82) is 0 Å². The van der Waals surface area contributed by atoms with Gasteiger partial charge in [0.1, 0.15) is 5.82 Å². The number of aromatic nitrogens is 2. The zero-order chi connectivity index (χ0) is 12.8. The topological polar surface area (TPSA) is 63.8 Å². The fourth-order valence-corrected chi connectivity index (χ4v) is 1.61. The molecule has 94 valence electrons. The van der Waals surface area contributed by atoms with Gasteiger partial charge in [-0.2, -0.15) is 0 Å². The average Bonchev–Trinajstić information content (AvgIpc) is 2.39. The van der Waals surface area contributed by atoms with Crippen LogP contribution in [-0.2, 0) is 13.0 Å². The van der Waals surface area contributed by atoms with E-state index < -0.39 is 0 Å². The number of nitrogens with zero attached hydrogens (tertiary/aromatic N) is 2. The van der Waals surface area contributed by atoms with Gasteiger partial charge in [-0.3, -0.25) is 0 Å². The Bertz CT molecular complexity index is 499. The molecule has 0 aliphatic rings. The Morgan fingerprint density at radius 3 is 2.61 bits per heavy atom. The molecule has 0 amide bonds. The molecule has 0 aliphatic carbocycles. The Balaban J connectivity index is 1.76. The van der Waals surface area contributed by atoms with Crippen LogP contribution in [0.1, 0.15) is 11.1 Å². The van der Waals surface area contributed by atoms with Crippen molar-refractivity contribution in [3.05, 3.63) is 53.6 Å². The summed E-state index contributed by atoms with van der Waals surface area (Å²) in [4.78, 5) is 7.79. The summed E-state index contributed by atoms with van der Waals surface area (Å²) in [5, 5.41) is 3.21. The van der Waals surface area contributed by atoms with Gasteiger partial charge in [0.15, 0.2) is 0 Å². The Morgan fingerprint density at radius 1 is 1.17 bits per heavy atom. The van der Waals surface area contributed by atoms with Gasteiger partial charge in [0, 0.05) is 24.5 Å². The normalized spacial score (nSPS) is 10.5. The number of nitrogens with one attached hydrogen (secondary N) is 1. The first kappa shape index (κ1) is 12.4. The molecule has 0 bridgehead atoms. The monoisotopic (exact) mass is 246 g/mol. The van der Waals surface area contributed by atoms with E-state index in [2.05, 4.69) is 15.3 Å². The molecule has 0 aliphatic heterocycles. The van der Waals surface area contributed by atoms with Crippen molar-refractivity contribution in [3.63, 3.8) is 0 Å². The molecule has 3 N–H and O–H groups in total. The van der Waals surface area contributed by atoms with E-state index in [-0.39, 0.29) is 11.8 Å². The smallest absolute Gasteiger partial charge is 0.219 e. The SMILES string of the molecule is Nc1ncc(CNCCc2ccccc2F)cn1. The lowest BCUT2D eigenvalue weighted by atomic mass is 10.1. The van der Waals surface area contributed by atoms with E-state index in [1.165, 1.54) is 6.07 Å². The number of rotatable bonds is 5. The van der Waals surface area contributed by atoms with Crippen molar-refractivity contribution in [2.75, 3.05) is 12.3 Å². The maximum absolute atomic E-state index is 13.3. The first-order valence-electron chi connectivity index (χ1n) is 5.76. The van der Waals surface area contributed by atoms with Gasteiger partial charge in [-0.25, -0.2) is 14.4 Å². The second-order valence-corrected chi connectivity index (χ2v) is 3.97. The molecule has 2 aromatic rings. The molecule has 18 heavy (non-hydrogen) atoms. The number of benzene rings is 1. The summed E-state index contributed by atoms with van der Waals surface area (Å²) in [7, 11) is 0. The first-order chi connectivity index (χ1) is 8.75. The second-order valence-electron chi connectivity index (χ2n) is 3.97. The molecule has 0 radical (unpaired) electrons. The van der Waals surface area contributed by atoms with Gasteiger partial charge in [-0.15, -0.1) is 0 Å². The quantitative estimate of drug-likeness (QED) is 0.785. The predicted molar refractivity (Wildman–Crippen MR) is 68.3 cm³/mol. The highest BCUT2D eigenvalue weighted by Gasteiger charge is 2.00. The van der Waals surface area contributed by atoms with Crippen LogP contribution in [0.2, 0.25) is 0 Å². The zero-order valence-corrected chi connectivity index (χ0v) is 9.94. The van der Waals surface area contributed by atoms with Crippen molar-refractivity contribution >= 4 is 5.95 Å². The van der Waals surface area contributed by atoms with Crippen molar-refractivity contribution in [3.8, 4) is 0 Å². The van der Waals surface area contributed by atoms with E-state index in [0.717, 1.165) is 11.1 Å². The minimum Gasteiger partial charge on any atom is -0.368 e. The maximum atomic E-state index is 13.3. The Labute approximate surface area is 105 Å². The number of anilines is 1. The van der Waals surface area contributed by atoms with Crippen LogP contribution >= 0.6 is 0 Å². The van der Waals surface area contributed by atoms with E-state index in [9.17, 15) is 4.39 Å². The van der Waals surface area contributed by atoms with Gasteiger partial charge in [0.05, 0.1) is 0 Å². The van der Waals surface area contributed by atoms with Gasteiger partial charge < -0.3 is 11.1 Å². The minimum atomic E-state index is -0.157. The Hall–Kier alpha value is -2.01. The summed E-state index contributed by atoms with van der Waals surface area (Å²) in [6.45, 7) is 1.35. The number of halogens is 1. The molecule has 1 aromatic carbocycles.